The molecule has 0 spiro atoms. The number of rotatable bonds is 6. The SMILES string of the molecule is [C-]#[N+]C(C#N)=C1c2cc(C(CC)CO)ccc2-c2ccc(C(CC)CO)cc21. The Labute approximate surface area is 166 Å². The number of hydrogen-bond acceptors (Lipinski definition) is 3. The van der Waals surface area contributed by atoms with Gasteiger partial charge >= 0.3 is 0 Å². The quantitative estimate of drug-likeness (QED) is 0.480. The van der Waals surface area contributed by atoms with E-state index in [0.717, 1.165) is 46.2 Å². The van der Waals surface area contributed by atoms with Gasteiger partial charge in [-0.2, -0.15) is 0 Å². The Balaban J connectivity index is 2.27. The van der Waals surface area contributed by atoms with E-state index < -0.39 is 0 Å². The third-order valence-corrected chi connectivity index (χ3v) is 5.74. The molecule has 0 aliphatic heterocycles. The summed E-state index contributed by atoms with van der Waals surface area (Å²) in [5.74, 6) is 0.0614. The zero-order valence-corrected chi connectivity index (χ0v) is 16.2. The molecule has 4 nitrogen and oxygen atoms in total. The summed E-state index contributed by atoms with van der Waals surface area (Å²) in [5.41, 5.74) is 6.51. The predicted octanol–water partition coefficient (Wildman–Crippen LogP) is 4.84. The summed E-state index contributed by atoms with van der Waals surface area (Å²) in [4.78, 5) is 3.49. The van der Waals surface area contributed by atoms with Gasteiger partial charge in [0.05, 0.1) is 12.6 Å². The Hall–Kier alpha value is -2.92. The highest BCUT2D eigenvalue weighted by molar-refractivity contribution is 6.03. The fourth-order valence-corrected chi connectivity index (χ4v) is 3.99. The molecule has 2 atom stereocenters. The van der Waals surface area contributed by atoms with Crippen molar-refractivity contribution in [3.63, 3.8) is 0 Å². The van der Waals surface area contributed by atoms with Gasteiger partial charge in [0, 0.05) is 30.6 Å². The summed E-state index contributed by atoms with van der Waals surface area (Å²) >= 11 is 0. The van der Waals surface area contributed by atoms with E-state index in [4.69, 9.17) is 6.57 Å². The molecule has 0 saturated carbocycles. The normalized spacial score (nSPS) is 13.9. The van der Waals surface area contributed by atoms with Crippen molar-refractivity contribution in [3.8, 4) is 17.2 Å². The van der Waals surface area contributed by atoms with E-state index in [1.54, 1.807) is 0 Å². The fraction of sp³-hybridized carbons (Fsp3) is 0.333. The molecular weight excluding hydrogens is 348 g/mol. The predicted molar refractivity (Wildman–Crippen MR) is 110 cm³/mol. The standard InChI is InChI=1S/C24H24N2O2/c1-4-15(13-27)17-6-8-19-20-9-7-18(16(5-2)14-28)11-22(20)24(21(19)10-17)23(12-25)26-3/h6-11,15-16,27-28H,4-5,13-14H2,1-2H3. The van der Waals surface area contributed by atoms with Gasteiger partial charge in [-0.25, -0.2) is 10.1 Å². The first kappa shape index (κ1) is 19.8. The monoisotopic (exact) mass is 372 g/mol. The zero-order valence-electron chi connectivity index (χ0n) is 16.2. The first-order chi connectivity index (χ1) is 13.6. The largest absolute Gasteiger partial charge is 0.396 e. The molecule has 0 radical (unpaired) electrons. The molecular formula is C24H24N2O2. The van der Waals surface area contributed by atoms with Crippen molar-refractivity contribution >= 4 is 5.57 Å². The Kier molecular flexibility index (Phi) is 5.95. The van der Waals surface area contributed by atoms with Crippen LogP contribution in [0.3, 0.4) is 0 Å². The van der Waals surface area contributed by atoms with E-state index in [1.165, 1.54) is 0 Å². The van der Waals surface area contributed by atoms with Gasteiger partial charge in [-0.05, 0) is 46.2 Å². The molecule has 2 aromatic rings. The van der Waals surface area contributed by atoms with Crippen LogP contribution in [0.4, 0.5) is 0 Å². The molecule has 2 unspecified atom stereocenters. The summed E-state index contributed by atoms with van der Waals surface area (Å²) in [6, 6.07) is 14.2. The number of nitriles is 1. The average Bonchev–Trinajstić information content (AvgIpc) is 3.04. The molecule has 0 bridgehead atoms. The summed E-state index contributed by atoms with van der Waals surface area (Å²) in [7, 11) is 0. The van der Waals surface area contributed by atoms with E-state index in [1.807, 2.05) is 50.2 Å². The van der Waals surface area contributed by atoms with Crippen molar-refractivity contribution < 1.29 is 10.2 Å². The molecule has 0 aromatic heterocycles. The van der Waals surface area contributed by atoms with Crippen LogP contribution >= 0.6 is 0 Å². The van der Waals surface area contributed by atoms with Gasteiger partial charge < -0.3 is 10.2 Å². The minimum atomic E-state index is 0.0307. The second kappa shape index (κ2) is 8.40. The van der Waals surface area contributed by atoms with Gasteiger partial charge in [0.2, 0.25) is 0 Å². The molecule has 1 aliphatic carbocycles. The first-order valence-electron chi connectivity index (χ1n) is 9.65. The molecule has 2 aromatic carbocycles. The van der Waals surface area contributed by atoms with Crippen LogP contribution in [0.25, 0.3) is 21.5 Å². The lowest BCUT2D eigenvalue weighted by Crippen LogP contribution is -2.03. The van der Waals surface area contributed by atoms with Crippen molar-refractivity contribution in [3.05, 3.63) is 75.8 Å². The lowest BCUT2D eigenvalue weighted by molar-refractivity contribution is 0.262. The van der Waals surface area contributed by atoms with Crippen molar-refractivity contribution in [1.82, 2.24) is 0 Å². The first-order valence-corrected chi connectivity index (χ1v) is 9.65. The van der Waals surface area contributed by atoms with Crippen molar-refractivity contribution in [1.29, 1.82) is 5.26 Å². The number of fused-ring (bicyclic) bond motifs is 3. The van der Waals surface area contributed by atoms with Crippen LogP contribution in [0.2, 0.25) is 0 Å². The van der Waals surface area contributed by atoms with E-state index in [2.05, 4.69) is 10.9 Å². The third kappa shape index (κ3) is 3.22. The molecule has 28 heavy (non-hydrogen) atoms. The summed E-state index contributed by atoms with van der Waals surface area (Å²) in [6.45, 7) is 11.7. The Morgan fingerprint density at radius 2 is 1.39 bits per heavy atom. The van der Waals surface area contributed by atoms with Crippen LogP contribution in [-0.4, -0.2) is 23.4 Å². The smallest absolute Gasteiger partial charge is 0.270 e. The second-order valence-corrected chi connectivity index (χ2v) is 7.13. The van der Waals surface area contributed by atoms with Crippen LogP contribution in [0.1, 0.15) is 60.8 Å². The maximum absolute atomic E-state index is 9.68. The molecule has 0 heterocycles. The third-order valence-electron chi connectivity index (χ3n) is 5.74. The number of allylic oxidation sites excluding steroid dienone is 1. The highest BCUT2D eigenvalue weighted by Gasteiger charge is 2.28. The van der Waals surface area contributed by atoms with Crippen LogP contribution < -0.4 is 0 Å². The Morgan fingerprint density at radius 1 is 0.929 bits per heavy atom. The molecule has 0 amide bonds. The topological polar surface area (TPSA) is 68.6 Å². The molecule has 3 rings (SSSR count). The highest BCUT2D eigenvalue weighted by atomic mass is 16.3. The van der Waals surface area contributed by atoms with Crippen molar-refractivity contribution in [2.45, 2.75) is 38.5 Å². The van der Waals surface area contributed by atoms with E-state index in [9.17, 15) is 15.5 Å². The molecule has 142 valence electrons. The Bertz CT molecular complexity index is 921. The number of nitrogens with zero attached hydrogens (tertiary/aromatic N) is 2. The van der Waals surface area contributed by atoms with E-state index in [0.29, 0.717) is 5.57 Å². The maximum Gasteiger partial charge on any atom is 0.270 e. The fourth-order valence-electron chi connectivity index (χ4n) is 3.99. The summed E-state index contributed by atoms with van der Waals surface area (Å²) < 4.78 is 0. The maximum atomic E-state index is 9.68. The highest BCUT2D eigenvalue weighted by Crippen LogP contribution is 2.47. The van der Waals surface area contributed by atoms with Gasteiger partial charge in [-0.1, -0.05) is 50.2 Å². The lowest BCUT2D eigenvalue weighted by Gasteiger charge is -2.14. The average molecular weight is 372 g/mol. The van der Waals surface area contributed by atoms with Gasteiger partial charge in [-0.15, -0.1) is 0 Å². The molecule has 4 heteroatoms. The Morgan fingerprint density at radius 3 is 1.71 bits per heavy atom. The zero-order chi connectivity index (χ0) is 20.3. The number of hydrogen-bond donors (Lipinski definition) is 2. The van der Waals surface area contributed by atoms with Gasteiger partial charge in [-0.3, -0.25) is 0 Å². The molecule has 2 N–H and O–H groups in total. The van der Waals surface area contributed by atoms with Gasteiger partial charge in [0.1, 0.15) is 0 Å². The van der Waals surface area contributed by atoms with Crippen LogP contribution in [0.15, 0.2) is 42.1 Å². The summed E-state index contributed by atoms with van der Waals surface area (Å²) in [6.07, 6.45) is 1.63. The molecule has 0 fully saturated rings. The van der Waals surface area contributed by atoms with Crippen LogP contribution in [0.5, 0.6) is 0 Å². The van der Waals surface area contributed by atoms with Crippen molar-refractivity contribution in [2.24, 2.45) is 0 Å². The van der Waals surface area contributed by atoms with Crippen LogP contribution in [0, 0.1) is 17.9 Å². The number of benzene rings is 2. The number of aliphatic hydroxyl groups excluding tert-OH is 2. The van der Waals surface area contributed by atoms with Crippen LogP contribution in [-0.2, 0) is 0 Å². The lowest BCUT2D eigenvalue weighted by atomic mass is 9.92. The summed E-state index contributed by atoms with van der Waals surface area (Å²) in [5, 5.41) is 28.9. The number of aliphatic hydroxyl groups is 2. The van der Waals surface area contributed by atoms with Crippen molar-refractivity contribution in [2.75, 3.05) is 13.2 Å². The van der Waals surface area contributed by atoms with Gasteiger partial charge in [0.15, 0.2) is 0 Å². The minimum Gasteiger partial charge on any atom is -0.396 e. The van der Waals surface area contributed by atoms with Gasteiger partial charge in [0.25, 0.3) is 5.70 Å². The molecule has 0 saturated heterocycles. The van der Waals surface area contributed by atoms with E-state index in [-0.39, 0.29) is 30.7 Å². The molecule has 1 aliphatic rings. The minimum absolute atomic E-state index is 0.0307. The second-order valence-electron chi connectivity index (χ2n) is 7.13. The van der Waals surface area contributed by atoms with E-state index >= 15 is 0 Å².